The maximum atomic E-state index is 5.68. The number of nitrogens with one attached hydrogen (secondary N) is 1. The van der Waals surface area contributed by atoms with E-state index in [0.29, 0.717) is 26.4 Å². The average molecular weight is 449 g/mol. The van der Waals surface area contributed by atoms with E-state index in [1.807, 2.05) is 7.05 Å². The van der Waals surface area contributed by atoms with E-state index >= 15 is 0 Å². The van der Waals surface area contributed by atoms with Crippen molar-refractivity contribution in [1.82, 2.24) is 20.3 Å². The Kier molecular flexibility index (Phi) is 6.39. The van der Waals surface area contributed by atoms with Crippen LogP contribution in [0.2, 0.25) is 0 Å². The molecule has 2 aliphatic heterocycles. The van der Waals surface area contributed by atoms with Crippen LogP contribution < -0.4 is 15.1 Å². The molecule has 33 heavy (non-hydrogen) atoms. The molecule has 5 rings (SSSR count). The maximum Gasteiger partial charge on any atom is 0.229 e. The van der Waals surface area contributed by atoms with Crippen molar-refractivity contribution in [3.63, 3.8) is 0 Å². The summed E-state index contributed by atoms with van der Waals surface area (Å²) in [7, 11) is 1.96. The lowest BCUT2D eigenvalue weighted by atomic mass is 10.1. The molecule has 2 saturated heterocycles. The molecule has 2 aromatic heterocycles. The molecule has 0 bridgehead atoms. The molecule has 0 spiro atoms. The molecule has 4 heterocycles. The van der Waals surface area contributed by atoms with Gasteiger partial charge in [0.05, 0.1) is 49.6 Å². The molecule has 0 radical (unpaired) electrons. The Hall–Kier alpha value is -2.81. The van der Waals surface area contributed by atoms with Gasteiger partial charge >= 0.3 is 0 Å². The number of anilines is 2. The number of fused-ring (bicyclic) bond motifs is 1. The molecule has 0 amide bonds. The minimum absolute atomic E-state index is 0.217. The molecule has 0 saturated carbocycles. The zero-order valence-electron chi connectivity index (χ0n) is 19.6. The normalized spacial score (nSPS) is 21.5. The Morgan fingerprint density at radius 1 is 0.879 bits per heavy atom. The van der Waals surface area contributed by atoms with Gasteiger partial charge in [0, 0.05) is 25.2 Å². The topological polar surface area (TPSA) is 75.6 Å². The van der Waals surface area contributed by atoms with E-state index in [0.717, 1.165) is 53.7 Å². The van der Waals surface area contributed by atoms with Gasteiger partial charge in [0.15, 0.2) is 5.65 Å². The summed E-state index contributed by atoms with van der Waals surface area (Å²) in [4.78, 5) is 19.6. The zero-order chi connectivity index (χ0) is 22.8. The van der Waals surface area contributed by atoms with Crippen LogP contribution in [0.4, 0.5) is 11.8 Å². The smallest absolute Gasteiger partial charge is 0.229 e. The Labute approximate surface area is 194 Å². The first-order chi connectivity index (χ1) is 16.1. The molecule has 1 N–H and O–H groups in total. The third kappa shape index (κ3) is 4.51. The molecule has 8 nitrogen and oxygen atoms in total. The minimum Gasteiger partial charge on any atom is -0.377 e. The second-order valence-corrected chi connectivity index (χ2v) is 8.88. The van der Waals surface area contributed by atoms with Crippen molar-refractivity contribution in [2.45, 2.75) is 32.5 Å². The van der Waals surface area contributed by atoms with Crippen molar-refractivity contribution in [1.29, 1.82) is 0 Å². The molecule has 0 aliphatic carbocycles. The first-order valence-electron chi connectivity index (χ1n) is 11.8. The first kappa shape index (κ1) is 22.0. The first-order valence-corrected chi connectivity index (χ1v) is 11.8. The van der Waals surface area contributed by atoms with E-state index < -0.39 is 0 Å². The number of hydrogen-bond donors (Lipinski definition) is 1. The fourth-order valence-corrected chi connectivity index (χ4v) is 4.55. The van der Waals surface area contributed by atoms with Crippen molar-refractivity contribution in [2.75, 3.05) is 56.4 Å². The molecule has 3 aromatic rings. The van der Waals surface area contributed by atoms with E-state index in [2.05, 4.69) is 65.4 Å². The van der Waals surface area contributed by atoms with Gasteiger partial charge in [0.2, 0.25) is 5.95 Å². The fraction of sp³-hybridized carbons (Fsp3) is 0.480. The van der Waals surface area contributed by atoms with E-state index in [-0.39, 0.29) is 12.1 Å². The van der Waals surface area contributed by atoms with Crippen molar-refractivity contribution in [3.05, 3.63) is 42.0 Å². The minimum atomic E-state index is 0.217. The average Bonchev–Trinajstić information content (AvgIpc) is 2.84. The lowest BCUT2D eigenvalue weighted by molar-refractivity contribution is 0.0973. The highest BCUT2D eigenvalue weighted by atomic mass is 16.5. The maximum absolute atomic E-state index is 5.68. The Balaban J connectivity index is 1.60. The molecular formula is C25H32N6O2. The second kappa shape index (κ2) is 9.59. The number of aromatic nitrogens is 3. The van der Waals surface area contributed by atoms with Crippen LogP contribution in [0.15, 0.2) is 36.4 Å². The van der Waals surface area contributed by atoms with Crippen LogP contribution in [0.25, 0.3) is 22.3 Å². The molecule has 8 heteroatoms. The fourth-order valence-electron chi connectivity index (χ4n) is 4.55. The highest BCUT2D eigenvalue weighted by Gasteiger charge is 2.27. The van der Waals surface area contributed by atoms with Crippen molar-refractivity contribution >= 4 is 22.8 Å². The third-order valence-electron chi connectivity index (χ3n) is 6.42. The summed E-state index contributed by atoms with van der Waals surface area (Å²) >= 11 is 0. The van der Waals surface area contributed by atoms with Gasteiger partial charge in [-0.15, -0.1) is 0 Å². The summed E-state index contributed by atoms with van der Waals surface area (Å²) in [6.45, 7) is 9.51. The van der Waals surface area contributed by atoms with Crippen LogP contribution in [-0.4, -0.2) is 73.6 Å². The summed E-state index contributed by atoms with van der Waals surface area (Å²) in [6.07, 6.45) is 0. The molecule has 174 valence electrons. The number of nitrogens with zero attached hydrogens (tertiary/aromatic N) is 5. The Morgan fingerprint density at radius 3 is 2.24 bits per heavy atom. The predicted molar refractivity (Wildman–Crippen MR) is 131 cm³/mol. The summed E-state index contributed by atoms with van der Waals surface area (Å²) in [5.41, 5.74) is 3.97. The largest absolute Gasteiger partial charge is 0.377 e. The highest BCUT2D eigenvalue weighted by Crippen LogP contribution is 2.31. The van der Waals surface area contributed by atoms with Crippen LogP contribution in [-0.2, 0) is 16.0 Å². The number of rotatable bonds is 5. The van der Waals surface area contributed by atoms with Crippen LogP contribution in [0.1, 0.15) is 19.4 Å². The van der Waals surface area contributed by atoms with Crippen molar-refractivity contribution in [2.24, 2.45) is 0 Å². The number of morpholine rings is 2. The van der Waals surface area contributed by atoms with Gasteiger partial charge in [-0.1, -0.05) is 24.3 Å². The summed E-state index contributed by atoms with van der Waals surface area (Å²) < 4.78 is 11.3. The van der Waals surface area contributed by atoms with Gasteiger partial charge in [-0.3, -0.25) is 0 Å². The lowest BCUT2D eigenvalue weighted by Gasteiger charge is -2.37. The molecule has 1 aromatic carbocycles. The highest BCUT2D eigenvalue weighted by molar-refractivity contribution is 5.90. The zero-order valence-corrected chi connectivity index (χ0v) is 19.6. The molecule has 1 unspecified atom stereocenters. The Bertz CT molecular complexity index is 1110. The summed E-state index contributed by atoms with van der Waals surface area (Å²) in [6, 6.07) is 13.2. The van der Waals surface area contributed by atoms with E-state index in [9.17, 15) is 0 Å². The van der Waals surface area contributed by atoms with E-state index in [1.165, 1.54) is 5.56 Å². The number of ether oxygens (including phenoxy) is 2. The number of pyridine rings is 1. The van der Waals surface area contributed by atoms with Crippen molar-refractivity contribution in [3.8, 4) is 11.3 Å². The lowest BCUT2D eigenvalue weighted by Crippen LogP contribution is -2.46. The third-order valence-corrected chi connectivity index (χ3v) is 6.42. The van der Waals surface area contributed by atoms with Crippen LogP contribution in [0.5, 0.6) is 0 Å². The SMILES string of the molecule is CNCc1ccc(-c2ccc3c(N4CCOC[C@@H]4C)nc(N4CCOCC4C)nc3n2)cc1. The number of benzene rings is 1. The summed E-state index contributed by atoms with van der Waals surface area (Å²) in [5, 5.41) is 4.17. The van der Waals surface area contributed by atoms with Crippen LogP contribution >= 0.6 is 0 Å². The second-order valence-electron chi connectivity index (χ2n) is 8.88. The quantitative estimate of drug-likeness (QED) is 0.639. The standard InChI is InChI=1S/C25H32N6O2/c1-17-15-32-12-10-30(17)24-21-8-9-22(20-6-4-19(5-7-20)14-26-3)27-23(21)28-25(29-24)31-11-13-33-16-18(31)2/h4-9,17-18,26H,10-16H2,1-3H3/t17-,18?/m0/s1. The molecular weight excluding hydrogens is 416 g/mol. The molecule has 2 aliphatic rings. The van der Waals surface area contributed by atoms with E-state index in [4.69, 9.17) is 24.4 Å². The van der Waals surface area contributed by atoms with Gasteiger partial charge in [-0.25, -0.2) is 4.98 Å². The van der Waals surface area contributed by atoms with Gasteiger partial charge < -0.3 is 24.6 Å². The monoisotopic (exact) mass is 448 g/mol. The predicted octanol–water partition coefficient (Wildman–Crippen LogP) is 2.86. The molecule has 2 fully saturated rings. The van der Waals surface area contributed by atoms with Gasteiger partial charge in [-0.05, 0) is 38.6 Å². The summed E-state index contributed by atoms with van der Waals surface area (Å²) in [5.74, 6) is 1.66. The van der Waals surface area contributed by atoms with Crippen molar-refractivity contribution < 1.29 is 9.47 Å². The van der Waals surface area contributed by atoms with Gasteiger partial charge in [0.25, 0.3) is 0 Å². The molecule has 2 atom stereocenters. The van der Waals surface area contributed by atoms with Gasteiger partial charge in [-0.2, -0.15) is 9.97 Å². The van der Waals surface area contributed by atoms with E-state index in [1.54, 1.807) is 0 Å². The van der Waals surface area contributed by atoms with Crippen LogP contribution in [0, 0.1) is 0 Å². The van der Waals surface area contributed by atoms with Gasteiger partial charge in [0.1, 0.15) is 5.82 Å². The number of hydrogen-bond acceptors (Lipinski definition) is 8. The Morgan fingerprint density at radius 2 is 1.58 bits per heavy atom. The van der Waals surface area contributed by atoms with Crippen LogP contribution in [0.3, 0.4) is 0 Å².